The van der Waals surface area contributed by atoms with E-state index in [0.29, 0.717) is 16.5 Å². The lowest BCUT2D eigenvalue weighted by Crippen LogP contribution is -2.57. The maximum atomic E-state index is 13.3. The predicted molar refractivity (Wildman–Crippen MR) is 141 cm³/mol. The second-order valence-electron chi connectivity index (χ2n) is 9.23. The summed E-state index contributed by atoms with van der Waals surface area (Å²) in [6.45, 7) is 0. The zero-order valence-corrected chi connectivity index (χ0v) is 21.8. The fraction of sp³-hybridized carbons (Fsp3) is 0.400. The van der Waals surface area contributed by atoms with E-state index in [4.69, 9.17) is 21.7 Å². The Kier molecular flexibility index (Phi) is 11.8. The molecule has 4 amide bonds. The van der Waals surface area contributed by atoms with Crippen LogP contribution in [-0.2, 0) is 40.0 Å². The van der Waals surface area contributed by atoms with Gasteiger partial charge in [0.1, 0.15) is 18.1 Å². The summed E-state index contributed by atoms with van der Waals surface area (Å²) in [7, 11) is 0. The van der Waals surface area contributed by atoms with Gasteiger partial charge in [-0.25, -0.2) is 4.79 Å². The van der Waals surface area contributed by atoms with Crippen LogP contribution in [0.4, 0.5) is 0 Å². The number of aromatic nitrogens is 1. The molecule has 2 rings (SSSR count). The van der Waals surface area contributed by atoms with Gasteiger partial charge < -0.3 is 47.7 Å². The smallest absolute Gasteiger partial charge is 0.326 e. The minimum absolute atomic E-state index is 0.171. The Balaban J connectivity index is 2.32. The molecule has 0 radical (unpaired) electrons. The number of para-hydroxylation sites is 1. The summed E-state index contributed by atoms with van der Waals surface area (Å²) < 4.78 is 0. The molecule has 0 fully saturated rings. The van der Waals surface area contributed by atoms with Crippen molar-refractivity contribution in [1.82, 2.24) is 20.9 Å². The monoisotopic (exact) mass is 576 g/mol. The summed E-state index contributed by atoms with van der Waals surface area (Å²) >= 11 is 0. The Morgan fingerprint density at radius 2 is 1.39 bits per heavy atom. The van der Waals surface area contributed by atoms with Crippen LogP contribution in [-0.4, -0.2) is 86.0 Å². The molecule has 1 heterocycles. The van der Waals surface area contributed by atoms with Crippen LogP contribution >= 0.6 is 0 Å². The first-order valence-corrected chi connectivity index (χ1v) is 12.4. The number of benzene rings is 1. The van der Waals surface area contributed by atoms with Crippen LogP contribution in [0.15, 0.2) is 30.5 Å². The second kappa shape index (κ2) is 15.0. The Labute approximate surface area is 232 Å². The molecule has 4 atom stereocenters. The minimum atomic E-state index is -1.81. The number of aliphatic carboxylic acids is 3. The average Bonchev–Trinajstić information content (AvgIpc) is 3.30. The van der Waals surface area contributed by atoms with E-state index in [2.05, 4.69) is 20.9 Å². The zero-order valence-electron chi connectivity index (χ0n) is 21.8. The topological polar surface area (TPSA) is 284 Å². The van der Waals surface area contributed by atoms with Gasteiger partial charge in [0.15, 0.2) is 0 Å². The molecule has 16 heteroatoms. The maximum absolute atomic E-state index is 13.3. The molecule has 2 aromatic rings. The van der Waals surface area contributed by atoms with E-state index < -0.39 is 78.5 Å². The maximum Gasteiger partial charge on any atom is 0.326 e. The van der Waals surface area contributed by atoms with Crippen LogP contribution < -0.4 is 27.4 Å². The fourth-order valence-corrected chi connectivity index (χ4v) is 3.89. The first kappa shape index (κ1) is 32.2. The molecular formula is C25H32N6O10. The number of carboxylic acid groups (broad SMARTS) is 3. The molecule has 0 saturated carbocycles. The molecule has 0 aliphatic carbocycles. The summed E-state index contributed by atoms with van der Waals surface area (Å²) in [5.74, 6) is -7.93. The lowest BCUT2D eigenvalue weighted by molar-refractivity contribution is -0.147. The Hall–Kier alpha value is -4.99. The number of nitrogens with two attached hydrogens (primary N) is 2. The second-order valence-corrected chi connectivity index (χ2v) is 9.23. The molecule has 0 saturated heterocycles. The number of fused-ring (bicyclic) bond motifs is 1. The van der Waals surface area contributed by atoms with E-state index in [1.54, 1.807) is 30.5 Å². The van der Waals surface area contributed by atoms with Crippen molar-refractivity contribution in [2.24, 2.45) is 11.5 Å². The highest BCUT2D eigenvalue weighted by molar-refractivity contribution is 5.95. The van der Waals surface area contributed by atoms with Crippen molar-refractivity contribution in [1.29, 1.82) is 0 Å². The lowest BCUT2D eigenvalue weighted by atomic mass is 10.0. The molecule has 11 N–H and O–H groups in total. The predicted octanol–water partition coefficient (Wildman–Crippen LogP) is -1.82. The molecule has 0 aliphatic heterocycles. The van der Waals surface area contributed by atoms with Crippen molar-refractivity contribution in [3.8, 4) is 0 Å². The van der Waals surface area contributed by atoms with Crippen LogP contribution in [0.2, 0.25) is 0 Å². The third kappa shape index (κ3) is 10.2. The van der Waals surface area contributed by atoms with Gasteiger partial charge in [-0.2, -0.15) is 0 Å². The molecule has 1 aromatic heterocycles. The van der Waals surface area contributed by atoms with E-state index >= 15 is 0 Å². The number of hydrogen-bond acceptors (Lipinski definition) is 8. The van der Waals surface area contributed by atoms with E-state index in [-0.39, 0.29) is 25.7 Å². The minimum Gasteiger partial charge on any atom is -0.481 e. The van der Waals surface area contributed by atoms with Gasteiger partial charge in [-0.3, -0.25) is 28.8 Å². The highest BCUT2D eigenvalue weighted by Gasteiger charge is 2.32. The molecule has 16 nitrogen and oxygen atoms in total. The SMILES string of the molecule is NC(=O)CCC(NC(=O)C(N)CCC(=O)O)C(=O)NC(Cc1c[nH]c2ccccc12)C(=O)NC(CC(=O)O)C(=O)O. The fourth-order valence-electron chi connectivity index (χ4n) is 3.89. The van der Waals surface area contributed by atoms with Gasteiger partial charge in [-0.05, 0) is 24.5 Å². The lowest BCUT2D eigenvalue weighted by Gasteiger charge is -2.25. The van der Waals surface area contributed by atoms with Crippen LogP contribution in [0.25, 0.3) is 10.9 Å². The molecule has 1 aromatic carbocycles. The quantitative estimate of drug-likeness (QED) is 0.101. The van der Waals surface area contributed by atoms with E-state index in [1.165, 1.54) is 0 Å². The van der Waals surface area contributed by atoms with Crippen molar-refractivity contribution < 1.29 is 48.9 Å². The van der Waals surface area contributed by atoms with Gasteiger partial charge in [0.05, 0.1) is 12.5 Å². The van der Waals surface area contributed by atoms with Gasteiger partial charge >= 0.3 is 17.9 Å². The van der Waals surface area contributed by atoms with Gasteiger partial charge in [-0.15, -0.1) is 0 Å². The summed E-state index contributed by atoms with van der Waals surface area (Å²) in [6.07, 6.45) is -0.816. The number of carbonyl (C=O) groups excluding carboxylic acids is 4. The summed E-state index contributed by atoms with van der Waals surface area (Å²) in [5, 5.41) is 34.8. The Bertz CT molecular complexity index is 1310. The number of aromatic amines is 1. The van der Waals surface area contributed by atoms with Crippen LogP contribution in [0.1, 0.15) is 37.7 Å². The number of nitrogens with one attached hydrogen (secondary N) is 4. The molecule has 0 aliphatic rings. The number of carbonyl (C=O) groups is 7. The summed E-state index contributed by atoms with van der Waals surface area (Å²) in [6, 6.07) is 1.03. The van der Waals surface area contributed by atoms with Crippen molar-refractivity contribution in [3.63, 3.8) is 0 Å². The van der Waals surface area contributed by atoms with Crippen molar-refractivity contribution in [2.45, 2.75) is 62.7 Å². The average molecular weight is 577 g/mol. The van der Waals surface area contributed by atoms with Gasteiger partial charge in [0.2, 0.25) is 23.6 Å². The van der Waals surface area contributed by atoms with E-state index in [0.717, 1.165) is 0 Å². The molecule has 222 valence electrons. The van der Waals surface area contributed by atoms with Crippen LogP contribution in [0.3, 0.4) is 0 Å². The number of rotatable bonds is 17. The van der Waals surface area contributed by atoms with Crippen molar-refractivity contribution in [2.75, 3.05) is 0 Å². The Morgan fingerprint density at radius 1 is 0.780 bits per heavy atom. The van der Waals surface area contributed by atoms with Gasteiger partial charge in [-0.1, -0.05) is 18.2 Å². The number of amides is 4. The van der Waals surface area contributed by atoms with Gasteiger partial charge in [0, 0.05) is 36.4 Å². The highest BCUT2D eigenvalue weighted by Crippen LogP contribution is 2.19. The van der Waals surface area contributed by atoms with Crippen molar-refractivity contribution >= 4 is 52.4 Å². The van der Waals surface area contributed by atoms with Crippen molar-refractivity contribution in [3.05, 3.63) is 36.0 Å². The largest absolute Gasteiger partial charge is 0.481 e. The number of primary amides is 1. The summed E-state index contributed by atoms with van der Waals surface area (Å²) in [4.78, 5) is 86.8. The third-order valence-electron chi connectivity index (χ3n) is 6.04. The molecule has 4 unspecified atom stereocenters. The molecular weight excluding hydrogens is 544 g/mol. The number of hydrogen-bond donors (Lipinski definition) is 9. The van der Waals surface area contributed by atoms with E-state index in [9.17, 15) is 38.7 Å². The standard InChI is InChI=1S/C25H32N6O10/c26-14(5-8-20(33)34)22(37)29-16(6-7-19(27)32)23(38)30-17(24(39)31-18(25(40)41)10-21(35)36)9-12-11-28-15-4-2-1-3-13(12)15/h1-4,11,14,16-18,28H,5-10,26H2,(H2,27,32)(H,29,37)(H,30,38)(H,31,39)(H,33,34)(H,35,36)(H,40,41). The number of carboxylic acids is 3. The first-order valence-electron chi connectivity index (χ1n) is 12.4. The molecule has 0 spiro atoms. The molecule has 0 bridgehead atoms. The normalized spacial score (nSPS) is 13.8. The Morgan fingerprint density at radius 3 is 2.00 bits per heavy atom. The van der Waals surface area contributed by atoms with E-state index in [1.807, 2.05) is 0 Å². The first-order chi connectivity index (χ1) is 19.3. The third-order valence-corrected chi connectivity index (χ3v) is 6.04. The zero-order chi connectivity index (χ0) is 30.7. The number of H-pyrrole nitrogens is 1. The van der Waals surface area contributed by atoms with Gasteiger partial charge in [0.25, 0.3) is 0 Å². The van der Waals surface area contributed by atoms with Crippen LogP contribution in [0.5, 0.6) is 0 Å². The molecule has 41 heavy (non-hydrogen) atoms. The highest BCUT2D eigenvalue weighted by atomic mass is 16.4. The summed E-state index contributed by atoms with van der Waals surface area (Å²) in [5.41, 5.74) is 12.2. The van der Waals surface area contributed by atoms with Crippen LogP contribution in [0, 0.1) is 0 Å².